The second-order valence-electron chi connectivity index (χ2n) is 3.30. The molecule has 2 aromatic rings. The molecule has 2 heterocycles. The van der Waals surface area contributed by atoms with Crippen molar-refractivity contribution in [2.45, 2.75) is 4.90 Å². The summed E-state index contributed by atoms with van der Waals surface area (Å²) in [7, 11) is -2.04. The molecule has 0 atom stereocenters. The normalized spacial score (nSPS) is 10.9. The lowest BCUT2D eigenvalue weighted by atomic mass is 10.5. The summed E-state index contributed by atoms with van der Waals surface area (Å²) in [5.41, 5.74) is 0. The molecule has 94 valence electrons. The zero-order chi connectivity index (χ0) is 13.0. The maximum Gasteiger partial charge on any atom is 0.264 e. The molecule has 8 heteroatoms. The molecule has 2 aromatic heterocycles. The van der Waals surface area contributed by atoms with E-state index in [-0.39, 0.29) is 10.8 Å². The number of nitrogens with one attached hydrogen (secondary N) is 2. The van der Waals surface area contributed by atoms with Gasteiger partial charge in [-0.3, -0.25) is 0 Å². The van der Waals surface area contributed by atoms with Gasteiger partial charge in [0, 0.05) is 31.7 Å². The minimum Gasteiger partial charge on any atom is -0.373 e. The SMILES string of the molecule is CNc1cc(S(=O)(=O)Nc2ncccn2)ccn1. The maximum absolute atomic E-state index is 12.0. The second kappa shape index (κ2) is 4.96. The van der Waals surface area contributed by atoms with Gasteiger partial charge < -0.3 is 5.32 Å². The molecule has 2 rings (SSSR count). The number of sulfonamides is 1. The van der Waals surface area contributed by atoms with Crippen LogP contribution in [0.2, 0.25) is 0 Å². The molecule has 0 aliphatic heterocycles. The molecule has 0 saturated carbocycles. The molecule has 0 radical (unpaired) electrons. The van der Waals surface area contributed by atoms with Crippen molar-refractivity contribution >= 4 is 21.8 Å². The van der Waals surface area contributed by atoms with E-state index in [2.05, 4.69) is 25.0 Å². The van der Waals surface area contributed by atoms with E-state index in [0.717, 1.165) is 0 Å². The van der Waals surface area contributed by atoms with Crippen LogP contribution in [-0.2, 0) is 10.0 Å². The summed E-state index contributed by atoms with van der Waals surface area (Å²) in [6.07, 6.45) is 4.32. The van der Waals surface area contributed by atoms with Gasteiger partial charge in [0.2, 0.25) is 5.95 Å². The number of rotatable bonds is 4. The predicted molar refractivity (Wildman–Crippen MR) is 66.6 cm³/mol. The van der Waals surface area contributed by atoms with Crippen molar-refractivity contribution in [3.63, 3.8) is 0 Å². The van der Waals surface area contributed by atoms with Crippen molar-refractivity contribution in [1.82, 2.24) is 15.0 Å². The van der Waals surface area contributed by atoms with E-state index < -0.39 is 10.0 Å². The Balaban J connectivity index is 2.31. The Kier molecular flexibility index (Phi) is 3.38. The molecule has 0 fully saturated rings. The first-order chi connectivity index (χ1) is 8.62. The number of pyridine rings is 1. The van der Waals surface area contributed by atoms with E-state index in [1.807, 2.05) is 0 Å². The fraction of sp³-hybridized carbons (Fsp3) is 0.100. The van der Waals surface area contributed by atoms with Gasteiger partial charge in [0.15, 0.2) is 0 Å². The van der Waals surface area contributed by atoms with Gasteiger partial charge in [0.1, 0.15) is 5.82 Å². The van der Waals surface area contributed by atoms with E-state index in [1.54, 1.807) is 13.1 Å². The molecular weight excluding hydrogens is 254 g/mol. The van der Waals surface area contributed by atoms with Gasteiger partial charge in [-0.15, -0.1) is 0 Å². The molecule has 0 amide bonds. The summed E-state index contributed by atoms with van der Waals surface area (Å²) in [6, 6.07) is 4.42. The van der Waals surface area contributed by atoms with Crippen LogP contribution < -0.4 is 10.0 Å². The average Bonchev–Trinajstić information content (AvgIpc) is 2.39. The van der Waals surface area contributed by atoms with Crippen LogP contribution >= 0.6 is 0 Å². The molecule has 0 aliphatic carbocycles. The van der Waals surface area contributed by atoms with Gasteiger partial charge in [-0.2, -0.15) is 0 Å². The number of aromatic nitrogens is 3. The molecule has 7 nitrogen and oxygen atoms in total. The minimum absolute atomic E-state index is 0.0281. The fourth-order valence-electron chi connectivity index (χ4n) is 1.25. The van der Waals surface area contributed by atoms with Gasteiger partial charge in [-0.05, 0) is 12.1 Å². The van der Waals surface area contributed by atoms with Crippen molar-refractivity contribution in [3.05, 3.63) is 36.8 Å². The first-order valence-corrected chi connectivity index (χ1v) is 6.54. The first kappa shape index (κ1) is 12.2. The maximum atomic E-state index is 12.0. The van der Waals surface area contributed by atoms with E-state index in [4.69, 9.17) is 0 Å². The molecule has 2 N–H and O–H groups in total. The smallest absolute Gasteiger partial charge is 0.264 e. The third-order valence-electron chi connectivity index (χ3n) is 2.09. The molecule has 18 heavy (non-hydrogen) atoms. The third kappa shape index (κ3) is 2.72. The zero-order valence-electron chi connectivity index (χ0n) is 9.53. The summed E-state index contributed by atoms with van der Waals surface area (Å²) >= 11 is 0. The number of hydrogen-bond donors (Lipinski definition) is 2. The second-order valence-corrected chi connectivity index (χ2v) is 4.99. The van der Waals surface area contributed by atoms with Crippen LogP contribution in [-0.4, -0.2) is 30.4 Å². The van der Waals surface area contributed by atoms with Gasteiger partial charge in [0.25, 0.3) is 10.0 Å². The molecule has 0 aliphatic rings. The fourth-order valence-corrected chi connectivity index (χ4v) is 2.22. The summed E-state index contributed by atoms with van der Waals surface area (Å²) < 4.78 is 26.3. The monoisotopic (exact) mass is 265 g/mol. The summed E-state index contributed by atoms with van der Waals surface area (Å²) in [6.45, 7) is 0. The van der Waals surface area contributed by atoms with Crippen LogP contribution in [0.15, 0.2) is 41.7 Å². The summed E-state index contributed by atoms with van der Waals surface area (Å²) in [5.74, 6) is 0.493. The van der Waals surface area contributed by atoms with Crippen molar-refractivity contribution < 1.29 is 8.42 Å². The number of hydrogen-bond acceptors (Lipinski definition) is 6. The molecule has 0 unspecified atom stereocenters. The van der Waals surface area contributed by atoms with E-state index in [9.17, 15) is 8.42 Å². The number of anilines is 2. The Hall–Kier alpha value is -2.22. The molecule has 0 spiro atoms. The van der Waals surface area contributed by atoms with Crippen molar-refractivity contribution in [2.75, 3.05) is 17.1 Å². The highest BCUT2D eigenvalue weighted by atomic mass is 32.2. The summed E-state index contributed by atoms with van der Waals surface area (Å²) in [5, 5.41) is 2.77. The largest absolute Gasteiger partial charge is 0.373 e. The van der Waals surface area contributed by atoms with Gasteiger partial charge in [-0.25, -0.2) is 28.1 Å². The van der Waals surface area contributed by atoms with Crippen LogP contribution in [0.25, 0.3) is 0 Å². The van der Waals surface area contributed by atoms with Crippen LogP contribution in [0.5, 0.6) is 0 Å². The lowest BCUT2D eigenvalue weighted by Crippen LogP contribution is -2.15. The highest BCUT2D eigenvalue weighted by molar-refractivity contribution is 7.92. The quantitative estimate of drug-likeness (QED) is 0.845. The Labute approximate surface area is 104 Å². The molecule has 0 bridgehead atoms. The minimum atomic E-state index is -3.70. The molecule has 0 aromatic carbocycles. The van der Waals surface area contributed by atoms with E-state index in [0.29, 0.717) is 5.82 Å². The lowest BCUT2D eigenvalue weighted by molar-refractivity contribution is 0.600. The zero-order valence-corrected chi connectivity index (χ0v) is 10.3. The van der Waals surface area contributed by atoms with Crippen LogP contribution in [0, 0.1) is 0 Å². The number of nitrogens with zero attached hydrogens (tertiary/aromatic N) is 3. The Morgan fingerprint density at radius 2 is 1.83 bits per heavy atom. The van der Waals surface area contributed by atoms with E-state index >= 15 is 0 Å². The van der Waals surface area contributed by atoms with Crippen LogP contribution in [0.3, 0.4) is 0 Å². The van der Waals surface area contributed by atoms with Crippen molar-refractivity contribution in [3.8, 4) is 0 Å². The highest BCUT2D eigenvalue weighted by Crippen LogP contribution is 2.14. The average molecular weight is 265 g/mol. The lowest BCUT2D eigenvalue weighted by Gasteiger charge is -2.07. The first-order valence-electron chi connectivity index (χ1n) is 5.05. The Morgan fingerprint density at radius 1 is 1.11 bits per heavy atom. The van der Waals surface area contributed by atoms with Crippen molar-refractivity contribution in [2.24, 2.45) is 0 Å². The standard InChI is InChI=1S/C10H11N5O2S/c1-11-9-7-8(3-6-12-9)18(16,17)15-10-13-4-2-5-14-10/h2-7H,1H3,(H,11,12)(H,13,14,15). The Morgan fingerprint density at radius 3 is 2.50 bits per heavy atom. The van der Waals surface area contributed by atoms with Crippen molar-refractivity contribution in [1.29, 1.82) is 0 Å². The van der Waals surface area contributed by atoms with Gasteiger partial charge in [0.05, 0.1) is 4.90 Å². The van der Waals surface area contributed by atoms with Crippen LogP contribution in [0.1, 0.15) is 0 Å². The van der Waals surface area contributed by atoms with Gasteiger partial charge in [-0.1, -0.05) is 0 Å². The van der Waals surface area contributed by atoms with E-state index in [1.165, 1.54) is 30.7 Å². The highest BCUT2D eigenvalue weighted by Gasteiger charge is 2.15. The predicted octanol–water partition coefficient (Wildman–Crippen LogP) is 0.714. The third-order valence-corrected chi connectivity index (χ3v) is 3.42. The molecular formula is C10H11N5O2S. The Bertz CT molecular complexity index is 630. The molecule has 0 saturated heterocycles. The van der Waals surface area contributed by atoms with Gasteiger partial charge >= 0.3 is 0 Å². The van der Waals surface area contributed by atoms with Crippen LogP contribution in [0.4, 0.5) is 11.8 Å². The topological polar surface area (TPSA) is 96.9 Å². The summed E-state index contributed by atoms with van der Waals surface area (Å²) in [4.78, 5) is 11.6.